The third kappa shape index (κ3) is 5.47. The van der Waals surface area contributed by atoms with Gasteiger partial charge in [-0.2, -0.15) is 0 Å². The third-order valence-corrected chi connectivity index (χ3v) is 9.55. The highest BCUT2D eigenvalue weighted by atomic mass is 35.5. The van der Waals surface area contributed by atoms with Crippen LogP contribution >= 0.6 is 41.2 Å². The molecule has 124 valence electrons. The van der Waals surface area contributed by atoms with Crippen molar-refractivity contribution in [3.05, 3.63) is 28.2 Å². The molecule has 1 N–H and O–H groups in total. The molecular weight excluding hydrogens is 360 g/mol. The number of nitrogens with one attached hydrogen (secondary N) is 1. The maximum Gasteiger partial charge on any atom is 0.293 e. The first-order chi connectivity index (χ1) is 10.4. The average Bonchev–Trinajstić information content (AvgIpc) is 2.51. The summed E-state index contributed by atoms with van der Waals surface area (Å²) >= 11 is 13.3. The number of nitrogens with zero attached hydrogens (tertiary/aromatic N) is 2. The lowest BCUT2D eigenvalue weighted by atomic mass is 10.3. The van der Waals surface area contributed by atoms with Gasteiger partial charge in [0, 0.05) is 11.8 Å². The largest absolute Gasteiger partial charge is 0.294 e. The van der Waals surface area contributed by atoms with Crippen molar-refractivity contribution >= 4 is 53.3 Å². The predicted octanol–water partition coefficient (Wildman–Crippen LogP) is 5.83. The topological polar surface area (TPSA) is 44.7 Å². The zero-order valence-electron chi connectivity index (χ0n) is 13.2. The van der Waals surface area contributed by atoms with E-state index >= 15 is 0 Å². The van der Waals surface area contributed by atoms with E-state index in [1.165, 1.54) is 11.4 Å². The van der Waals surface area contributed by atoms with Crippen molar-refractivity contribution in [1.82, 2.24) is 9.76 Å². The minimum Gasteiger partial charge on any atom is -0.294 e. The molecule has 0 heterocycles. The number of aliphatic imine (C=N–C) groups is 1. The minimum absolute atomic E-state index is 0.297. The van der Waals surface area contributed by atoms with Gasteiger partial charge in [0.1, 0.15) is 0 Å². The second kappa shape index (κ2) is 9.19. The normalized spacial score (nSPS) is 15.7. The molecule has 0 radical (unpaired) electrons. The zero-order chi connectivity index (χ0) is 16.8. The fourth-order valence-electron chi connectivity index (χ4n) is 1.59. The van der Waals surface area contributed by atoms with E-state index in [0.29, 0.717) is 27.5 Å². The molecule has 0 aromatic heterocycles. The van der Waals surface area contributed by atoms with E-state index in [4.69, 9.17) is 23.2 Å². The van der Waals surface area contributed by atoms with Gasteiger partial charge >= 0.3 is 0 Å². The summed E-state index contributed by atoms with van der Waals surface area (Å²) < 4.78 is 14.8. The van der Waals surface area contributed by atoms with Crippen molar-refractivity contribution in [3.8, 4) is 0 Å². The van der Waals surface area contributed by atoms with Gasteiger partial charge in [0.15, 0.2) is 0 Å². The van der Waals surface area contributed by atoms with Gasteiger partial charge in [0.2, 0.25) is 0 Å². The van der Waals surface area contributed by atoms with Crippen LogP contribution < -0.4 is 5.09 Å². The first-order valence-electron chi connectivity index (χ1n) is 7.10. The Hall–Kier alpha value is -0.190. The van der Waals surface area contributed by atoms with Crippen LogP contribution in [-0.4, -0.2) is 29.9 Å². The van der Waals surface area contributed by atoms with Crippen molar-refractivity contribution in [3.63, 3.8) is 0 Å². The van der Waals surface area contributed by atoms with E-state index in [9.17, 15) is 4.57 Å². The smallest absolute Gasteiger partial charge is 0.293 e. The van der Waals surface area contributed by atoms with Gasteiger partial charge in [-0.25, -0.2) is 10.1 Å². The van der Waals surface area contributed by atoms with Crippen LogP contribution in [0.15, 0.2) is 23.2 Å². The molecule has 2 atom stereocenters. The van der Waals surface area contributed by atoms with Crippen molar-refractivity contribution in [1.29, 1.82) is 0 Å². The maximum atomic E-state index is 13.1. The van der Waals surface area contributed by atoms with Crippen LogP contribution in [0.5, 0.6) is 0 Å². The lowest BCUT2D eigenvalue weighted by molar-refractivity contribution is 0.535. The highest BCUT2D eigenvalue weighted by Crippen LogP contribution is 2.59. The molecule has 4 nitrogen and oxygen atoms in total. The van der Waals surface area contributed by atoms with Crippen molar-refractivity contribution < 1.29 is 4.57 Å². The van der Waals surface area contributed by atoms with Gasteiger partial charge in [-0.15, -0.1) is 0 Å². The molecule has 22 heavy (non-hydrogen) atoms. The summed E-state index contributed by atoms with van der Waals surface area (Å²) in [5.41, 5.74) is 0.670. The molecule has 0 saturated heterocycles. The quantitative estimate of drug-likeness (QED) is 0.349. The first-order valence-corrected chi connectivity index (χ1v) is 11.0. The fraction of sp³-hybridized carbons (Fsp3) is 0.500. The summed E-state index contributed by atoms with van der Waals surface area (Å²) in [6.07, 6.45) is 2.56. The summed E-state index contributed by atoms with van der Waals surface area (Å²) in [6, 6.07) is 5.14. The Morgan fingerprint density at radius 3 is 2.59 bits per heavy atom. The van der Waals surface area contributed by atoms with Crippen molar-refractivity contribution in [2.24, 2.45) is 4.99 Å². The molecule has 8 heteroatoms. The lowest BCUT2D eigenvalue weighted by Crippen LogP contribution is -2.24. The molecule has 0 bridgehead atoms. The highest BCUT2D eigenvalue weighted by molar-refractivity contribution is 8.57. The second-order valence-electron chi connectivity index (χ2n) is 4.67. The third-order valence-electron chi connectivity index (χ3n) is 3.09. The van der Waals surface area contributed by atoms with Gasteiger partial charge in [-0.05, 0) is 38.6 Å². The minimum atomic E-state index is -2.75. The molecule has 0 aliphatic carbocycles. The summed E-state index contributed by atoms with van der Waals surface area (Å²) in [5.74, 6) is 0. The Kier molecular flexibility index (Phi) is 8.29. The van der Waals surface area contributed by atoms with Crippen LogP contribution in [0.2, 0.25) is 10.0 Å². The first kappa shape index (κ1) is 19.9. The molecule has 0 saturated carbocycles. The van der Waals surface area contributed by atoms with Gasteiger partial charge in [-0.3, -0.25) is 9.24 Å². The van der Waals surface area contributed by atoms with Crippen LogP contribution in [0.25, 0.3) is 0 Å². The number of halogens is 2. The van der Waals surface area contributed by atoms with Crippen LogP contribution in [0.4, 0.5) is 5.69 Å². The van der Waals surface area contributed by atoms with Gasteiger partial charge in [0.05, 0.1) is 22.1 Å². The summed E-state index contributed by atoms with van der Waals surface area (Å²) in [6.45, 7) is 3.94. The Balaban J connectivity index is 2.96. The van der Waals surface area contributed by atoms with E-state index in [1.54, 1.807) is 36.3 Å². The maximum absolute atomic E-state index is 13.1. The van der Waals surface area contributed by atoms with Crippen LogP contribution in [-0.2, 0) is 4.57 Å². The molecule has 1 aromatic rings. The molecular formula is C14H22Cl2N3OPS. The molecule has 0 spiro atoms. The monoisotopic (exact) mass is 381 g/mol. The van der Waals surface area contributed by atoms with Gasteiger partial charge < -0.3 is 0 Å². The Morgan fingerprint density at radius 2 is 2.09 bits per heavy atom. The lowest BCUT2D eigenvalue weighted by Gasteiger charge is -2.29. The van der Waals surface area contributed by atoms with E-state index in [-0.39, 0.29) is 0 Å². The molecule has 1 rings (SSSR count). The number of rotatable bonds is 8. The second-order valence-corrected chi connectivity index (χ2v) is 10.6. The Morgan fingerprint density at radius 1 is 1.41 bits per heavy atom. The SMILES string of the molecule is CCC(C)SP(=O)(NC)N(C=Nc1ccc(Cl)c(Cl)c1)CC. The highest BCUT2D eigenvalue weighted by Gasteiger charge is 2.28. The number of hydrogen-bond acceptors (Lipinski definition) is 3. The number of benzene rings is 1. The fourth-order valence-corrected chi connectivity index (χ4v) is 6.63. The van der Waals surface area contributed by atoms with Gasteiger partial charge in [-0.1, -0.05) is 48.4 Å². The molecule has 0 aliphatic heterocycles. The van der Waals surface area contributed by atoms with E-state index in [0.717, 1.165) is 6.42 Å². The summed E-state index contributed by atoms with van der Waals surface area (Å²) in [4.78, 5) is 4.36. The predicted molar refractivity (Wildman–Crippen MR) is 101 cm³/mol. The summed E-state index contributed by atoms with van der Waals surface area (Å²) in [7, 11) is 1.71. The van der Waals surface area contributed by atoms with Crippen LogP contribution in [0.1, 0.15) is 27.2 Å². The Labute approximate surface area is 146 Å². The summed E-state index contributed by atoms with van der Waals surface area (Å²) in [5, 5.41) is 4.19. The molecule has 0 amide bonds. The number of hydrogen-bond donors (Lipinski definition) is 1. The average molecular weight is 382 g/mol. The Bertz CT molecular complexity index is 571. The van der Waals surface area contributed by atoms with E-state index < -0.39 is 6.65 Å². The van der Waals surface area contributed by atoms with Crippen LogP contribution in [0.3, 0.4) is 0 Å². The standard InChI is InChI=1S/C14H22Cl2N3OPS/c1-5-11(3)22-21(20,17-4)19(6-2)10-18-12-7-8-13(15)14(16)9-12/h7-11H,5-6H2,1-4H3,(H,17,20). The van der Waals surface area contributed by atoms with Crippen molar-refractivity contribution in [2.45, 2.75) is 32.4 Å². The molecule has 0 aliphatic rings. The van der Waals surface area contributed by atoms with Crippen LogP contribution in [0, 0.1) is 0 Å². The van der Waals surface area contributed by atoms with E-state index in [1.807, 2.05) is 6.92 Å². The zero-order valence-corrected chi connectivity index (χ0v) is 16.4. The van der Waals surface area contributed by atoms with E-state index in [2.05, 4.69) is 23.9 Å². The van der Waals surface area contributed by atoms with Gasteiger partial charge in [0.25, 0.3) is 6.65 Å². The molecule has 1 aromatic carbocycles. The molecule has 2 unspecified atom stereocenters. The molecule has 0 fully saturated rings. The van der Waals surface area contributed by atoms with Crippen molar-refractivity contribution in [2.75, 3.05) is 13.6 Å².